The maximum absolute atomic E-state index is 11.9. The van der Waals surface area contributed by atoms with Gasteiger partial charge in [0.05, 0.1) is 6.42 Å². The third-order valence-corrected chi connectivity index (χ3v) is 2.56. The second-order valence-electron chi connectivity index (χ2n) is 3.98. The van der Waals surface area contributed by atoms with Gasteiger partial charge in [0.25, 0.3) is 5.91 Å². The third kappa shape index (κ3) is 3.70. The standard InChI is InChI=1S/C12H14N2O5/c1-6-7(3-2-4-9(6)15)11(17)14-8(12(18)19)5-10(13)16/h2-4,8,15H,5H2,1H3,(H2,13,16)(H,14,17)(H,18,19)/t8-/m0/s1. The van der Waals surface area contributed by atoms with Crippen molar-refractivity contribution >= 4 is 17.8 Å². The summed E-state index contributed by atoms with van der Waals surface area (Å²) in [7, 11) is 0. The van der Waals surface area contributed by atoms with Crippen molar-refractivity contribution in [2.24, 2.45) is 5.73 Å². The fraction of sp³-hybridized carbons (Fsp3) is 0.250. The molecule has 0 spiro atoms. The van der Waals surface area contributed by atoms with Gasteiger partial charge in [-0.05, 0) is 19.1 Å². The van der Waals surface area contributed by atoms with Gasteiger partial charge >= 0.3 is 5.97 Å². The number of carboxylic acid groups (broad SMARTS) is 1. The summed E-state index contributed by atoms with van der Waals surface area (Å²) in [4.78, 5) is 33.5. The van der Waals surface area contributed by atoms with Gasteiger partial charge in [-0.25, -0.2) is 4.79 Å². The molecule has 0 fully saturated rings. The van der Waals surface area contributed by atoms with Crippen molar-refractivity contribution < 1.29 is 24.6 Å². The van der Waals surface area contributed by atoms with Crippen LogP contribution in [0, 0.1) is 6.92 Å². The van der Waals surface area contributed by atoms with Gasteiger partial charge < -0.3 is 21.3 Å². The summed E-state index contributed by atoms with van der Waals surface area (Å²) < 4.78 is 0. The van der Waals surface area contributed by atoms with Crippen LogP contribution in [0.3, 0.4) is 0 Å². The van der Waals surface area contributed by atoms with Gasteiger partial charge in [-0.1, -0.05) is 6.07 Å². The molecule has 7 heteroatoms. The lowest BCUT2D eigenvalue weighted by molar-refractivity contribution is -0.140. The SMILES string of the molecule is Cc1c(O)cccc1C(=O)N[C@@H](CC(N)=O)C(=O)O. The Morgan fingerprint density at radius 3 is 2.53 bits per heavy atom. The van der Waals surface area contributed by atoms with Crippen LogP contribution in [0.4, 0.5) is 0 Å². The van der Waals surface area contributed by atoms with Gasteiger partial charge in [0.1, 0.15) is 11.8 Å². The highest BCUT2D eigenvalue weighted by Gasteiger charge is 2.23. The van der Waals surface area contributed by atoms with Crippen LogP contribution in [0.5, 0.6) is 5.75 Å². The second-order valence-corrected chi connectivity index (χ2v) is 3.98. The molecular weight excluding hydrogens is 252 g/mol. The van der Waals surface area contributed by atoms with Gasteiger partial charge in [-0.3, -0.25) is 9.59 Å². The van der Waals surface area contributed by atoms with Crippen molar-refractivity contribution in [3.05, 3.63) is 29.3 Å². The normalized spacial score (nSPS) is 11.6. The van der Waals surface area contributed by atoms with Gasteiger partial charge in [0.15, 0.2) is 0 Å². The smallest absolute Gasteiger partial charge is 0.326 e. The van der Waals surface area contributed by atoms with E-state index in [0.717, 1.165) is 0 Å². The zero-order valence-corrected chi connectivity index (χ0v) is 10.2. The molecule has 0 radical (unpaired) electrons. The quantitative estimate of drug-likeness (QED) is 0.584. The van der Waals surface area contributed by atoms with Crippen molar-refractivity contribution in [2.45, 2.75) is 19.4 Å². The molecule has 0 aromatic heterocycles. The van der Waals surface area contributed by atoms with Crippen LogP contribution in [-0.2, 0) is 9.59 Å². The Balaban J connectivity index is 2.91. The number of benzene rings is 1. The highest BCUT2D eigenvalue weighted by Crippen LogP contribution is 2.19. The molecule has 19 heavy (non-hydrogen) atoms. The van der Waals surface area contributed by atoms with E-state index in [1.165, 1.54) is 25.1 Å². The molecule has 102 valence electrons. The molecule has 0 saturated carbocycles. The summed E-state index contributed by atoms with van der Waals surface area (Å²) in [6, 6.07) is 2.91. The number of phenolic OH excluding ortho intramolecular Hbond substituents is 1. The van der Waals surface area contributed by atoms with E-state index in [1.54, 1.807) is 0 Å². The molecule has 1 atom stereocenters. The number of amides is 2. The van der Waals surface area contributed by atoms with E-state index in [-0.39, 0.29) is 11.3 Å². The number of aliphatic carboxylic acids is 1. The number of hydrogen-bond acceptors (Lipinski definition) is 4. The van der Waals surface area contributed by atoms with Crippen LogP contribution in [0.25, 0.3) is 0 Å². The molecule has 0 saturated heterocycles. The van der Waals surface area contributed by atoms with E-state index in [9.17, 15) is 19.5 Å². The Labute approximate surface area is 109 Å². The van der Waals surface area contributed by atoms with Gasteiger partial charge in [-0.15, -0.1) is 0 Å². The number of hydrogen-bond donors (Lipinski definition) is 4. The molecule has 0 aliphatic rings. The molecule has 1 aromatic carbocycles. The van der Waals surface area contributed by atoms with Crippen LogP contribution >= 0.6 is 0 Å². The van der Waals surface area contributed by atoms with Crippen LogP contribution in [0.2, 0.25) is 0 Å². The molecule has 1 aromatic rings. The lowest BCUT2D eigenvalue weighted by Crippen LogP contribution is -2.43. The number of nitrogens with one attached hydrogen (secondary N) is 1. The molecule has 0 aliphatic heterocycles. The Morgan fingerprint density at radius 2 is 2.00 bits per heavy atom. The molecule has 0 bridgehead atoms. The number of primary amides is 1. The minimum absolute atomic E-state index is 0.0746. The number of carbonyl (C=O) groups excluding carboxylic acids is 2. The Morgan fingerprint density at radius 1 is 1.37 bits per heavy atom. The number of aromatic hydroxyl groups is 1. The summed E-state index contributed by atoms with van der Waals surface area (Å²) in [6.07, 6.45) is -0.501. The van der Waals surface area contributed by atoms with E-state index in [0.29, 0.717) is 5.56 Å². The first-order valence-corrected chi connectivity index (χ1v) is 5.43. The third-order valence-electron chi connectivity index (χ3n) is 2.56. The zero-order valence-electron chi connectivity index (χ0n) is 10.2. The topological polar surface area (TPSA) is 130 Å². The van der Waals surface area contributed by atoms with E-state index < -0.39 is 30.2 Å². The molecule has 0 aliphatic carbocycles. The summed E-state index contributed by atoms with van der Waals surface area (Å²) in [5, 5.41) is 20.5. The van der Waals surface area contributed by atoms with Crippen molar-refractivity contribution in [2.75, 3.05) is 0 Å². The van der Waals surface area contributed by atoms with Crippen molar-refractivity contribution in [3.63, 3.8) is 0 Å². The summed E-state index contributed by atoms with van der Waals surface area (Å²) in [6.45, 7) is 1.52. The first-order chi connectivity index (χ1) is 8.82. The van der Waals surface area contributed by atoms with Crippen LogP contribution in [-0.4, -0.2) is 34.0 Å². The fourth-order valence-electron chi connectivity index (χ4n) is 1.51. The minimum atomic E-state index is -1.40. The number of carboxylic acids is 1. The zero-order chi connectivity index (χ0) is 14.6. The molecule has 0 unspecified atom stereocenters. The van der Waals surface area contributed by atoms with Crippen molar-refractivity contribution in [1.82, 2.24) is 5.32 Å². The molecule has 2 amide bonds. The maximum atomic E-state index is 11.9. The number of rotatable bonds is 5. The van der Waals surface area contributed by atoms with Gasteiger partial charge in [0, 0.05) is 11.1 Å². The van der Waals surface area contributed by atoms with E-state index in [1.807, 2.05) is 0 Å². The first-order valence-electron chi connectivity index (χ1n) is 5.43. The second kappa shape index (κ2) is 5.85. The Kier molecular flexibility index (Phi) is 4.46. The van der Waals surface area contributed by atoms with Crippen LogP contribution in [0.1, 0.15) is 22.3 Å². The predicted octanol–water partition coefficient (Wildman–Crippen LogP) is -0.241. The monoisotopic (exact) mass is 266 g/mol. The fourth-order valence-corrected chi connectivity index (χ4v) is 1.51. The van der Waals surface area contributed by atoms with Crippen LogP contribution < -0.4 is 11.1 Å². The maximum Gasteiger partial charge on any atom is 0.326 e. The van der Waals surface area contributed by atoms with Gasteiger partial charge in [0.2, 0.25) is 5.91 Å². The molecular formula is C12H14N2O5. The summed E-state index contributed by atoms with van der Waals surface area (Å²) in [5.74, 6) is -2.96. The average Bonchev–Trinajstić information content (AvgIpc) is 2.31. The largest absolute Gasteiger partial charge is 0.508 e. The predicted molar refractivity (Wildman–Crippen MR) is 65.5 cm³/mol. The number of phenols is 1. The van der Waals surface area contributed by atoms with E-state index in [2.05, 4.69) is 5.32 Å². The highest BCUT2D eigenvalue weighted by atomic mass is 16.4. The van der Waals surface area contributed by atoms with Crippen LogP contribution in [0.15, 0.2) is 18.2 Å². The lowest BCUT2D eigenvalue weighted by Gasteiger charge is -2.14. The van der Waals surface area contributed by atoms with Crippen molar-refractivity contribution in [3.8, 4) is 5.75 Å². The van der Waals surface area contributed by atoms with E-state index >= 15 is 0 Å². The Hall–Kier alpha value is -2.57. The average molecular weight is 266 g/mol. The lowest BCUT2D eigenvalue weighted by atomic mass is 10.1. The van der Waals surface area contributed by atoms with Crippen molar-refractivity contribution in [1.29, 1.82) is 0 Å². The summed E-state index contributed by atoms with van der Waals surface area (Å²) in [5.41, 5.74) is 5.36. The molecule has 7 nitrogen and oxygen atoms in total. The molecule has 1 rings (SSSR count). The number of nitrogens with two attached hydrogens (primary N) is 1. The summed E-state index contributed by atoms with van der Waals surface area (Å²) >= 11 is 0. The molecule has 0 heterocycles. The minimum Gasteiger partial charge on any atom is -0.508 e. The first kappa shape index (κ1) is 14.5. The van der Waals surface area contributed by atoms with Gasteiger partial charge in [-0.2, -0.15) is 0 Å². The van der Waals surface area contributed by atoms with E-state index in [4.69, 9.17) is 10.8 Å². The highest BCUT2D eigenvalue weighted by molar-refractivity contribution is 5.99. The molecule has 5 N–H and O–H groups in total. The number of carbonyl (C=O) groups is 3. The Bertz CT molecular complexity index is 527.